The molecular formula is C22H20N4O2S3. The number of hydrogen-bond acceptors (Lipinski definition) is 7. The summed E-state index contributed by atoms with van der Waals surface area (Å²) >= 11 is 8.32. The van der Waals surface area contributed by atoms with Crippen molar-refractivity contribution < 1.29 is 9.21 Å². The molecule has 0 saturated carbocycles. The standard InChI is InChI=1S/C22H20N4O2S3/c27-19(14-30-21-24-26(22(29)31-21)16-6-2-1-3-7-16)25-12-10-15(11-13-25)20-23-17-8-4-5-9-18(17)28-20/h1-9,15H,10-14H2. The summed E-state index contributed by atoms with van der Waals surface area (Å²) in [6.45, 7) is 1.44. The molecule has 2 aromatic carbocycles. The number of thioether (sulfide) groups is 1. The second-order valence-electron chi connectivity index (χ2n) is 7.34. The molecule has 4 aromatic rings. The number of piperidine rings is 1. The summed E-state index contributed by atoms with van der Waals surface area (Å²) in [7, 11) is 0. The molecule has 0 bridgehead atoms. The number of hydrogen-bond donors (Lipinski definition) is 0. The average molecular weight is 469 g/mol. The van der Waals surface area contributed by atoms with Crippen LogP contribution in [0, 0.1) is 3.95 Å². The van der Waals surface area contributed by atoms with Crippen LogP contribution in [-0.2, 0) is 4.79 Å². The van der Waals surface area contributed by atoms with Gasteiger partial charge in [-0.15, -0.1) is 5.10 Å². The fraction of sp³-hybridized carbons (Fsp3) is 0.273. The SMILES string of the molecule is O=C(CSc1nn(-c2ccccc2)c(=S)s1)N1CCC(c2nc3ccccc3o2)CC1. The summed E-state index contributed by atoms with van der Waals surface area (Å²) in [4.78, 5) is 19.3. The van der Waals surface area contributed by atoms with Gasteiger partial charge >= 0.3 is 0 Å². The van der Waals surface area contributed by atoms with Gasteiger partial charge < -0.3 is 9.32 Å². The van der Waals surface area contributed by atoms with E-state index in [0.717, 1.165) is 52.9 Å². The number of carbonyl (C=O) groups excluding carboxylic acids is 1. The lowest BCUT2D eigenvalue weighted by atomic mass is 9.97. The van der Waals surface area contributed by atoms with Gasteiger partial charge in [-0.3, -0.25) is 4.79 Å². The Labute approximate surface area is 192 Å². The third kappa shape index (κ3) is 4.44. The first-order chi connectivity index (χ1) is 15.2. The molecule has 1 fully saturated rings. The van der Waals surface area contributed by atoms with Crippen molar-refractivity contribution in [1.82, 2.24) is 19.7 Å². The summed E-state index contributed by atoms with van der Waals surface area (Å²) in [5, 5.41) is 4.57. The van der Waals surface area contributed by atoms with Gasteiger partial charge in [0, 0.05) is 19.0 Å². The second kappa shape index (κ2) is 8.94. The molecule has 0 aliphatic carbocycles. The summed E-state index contributed by atoms with van der Waals surface area (Å²) < 4.78 is 9.16. The van der Waals surface area contributed by atoms with Gasteiger partial charge in [-0.2, -0.15) is 0 Å². The van der Waals surface area contributed by atoms with E-state index in [9.17, 15) is 4.79 Å². The van der Waals surface area contributed by atoms with Gasteiger partial charge in [-0.1, -0.05) is 53.4 Å². The average Bonchev–Trinajstić information content (AvgIpc) is 3.41. The van der Waals surface area contributed by atoms with Crippen molar-refractivity contribution in [3.63, 3.8) is 0 Å². The zero-order valence-corrected chi connectivity index (χ0v) is 19.1. The molecule has 2 aromatic heterocycles. The number of rotatable bonds is 5. The summed E-state index contributed by atoms with van der Waals surface area (Å²) in [5.74, 6) is 1.54. The Morgan fingerprint density at radius 3 is 2.65 bits per heavy atom. The normalized spacial score (nSPS) is 14.9. The van der Waals surface area contributed by atoms with Gasteiger partial charge in [0.05, 0.1) is 11.4 Å². The van der Waals surface area contributed by atoms with Crippen LogP contribution < -0.4 is 0 Å². The quantitative estimate of drug-likeness (QED) is 0.292. The maximum absolute atomic E-state index is 12.7. The molecule has 3 heterocycles. The van der Waals surface area contributed by atoms with Gasteiger partial charge in [-0.25, -0.2) is 9.67 Å². The minimum Gasteiger partial charge on any atom is -0.440 e. The van der Waals surface area contributed by atoms with Gasteiger partial charge in [-0.05, 0) is 49.3 Å². The van der Waals surface area contributed by atoms with Gasteiger partial charge in [0.15, 0.2) is 19.8 Å². The third-order valence-corrected chi connectivity index (χ3v) is 7.71. The first-order valence-electron chi connectivity index (χ1n) is 10.1. The Morgan fingerprint density at radius 1 is 1.13 bits per heavy atom. The van der Waals surface area contributed by atoms with E-state index in [2.05, 4.69) is 10.1 Å². The van der Waals surface area contributed by atoms with Crippen molar-refractivity contribution in [2.45, 2.75) is 23.1 Å². The van der Waals surface area contributed by atoms with Gasteiger partial charge in [0.25, 0.3) is 0 Å². The van der Waals surface area contributed by atoms with Gasteiger partial charge in [0.1, 0.15) is 5.52 Å². The van der Waals surface area contributed by atoms with Crippen LogP contribution in [0.15, 0.2) is 63.4 Å². The van der Waals surface area contributed by atoms with Gasteiger partial charge in [0.2, 0.25) is 5.91 Å². The minimum absolute atomic E-state index is 0.133. The first kappa shape index (κ1) is 20.4. The fourth-order valence-corrected chi connectivity index (χ4v) is 5.97. The first-order valence-corrected chi connectivity index (χ1v) is 12.3. The van der Waals surface area contributed by atoms with Crippen LogP contribution in [0.4, 0.5) is 0 Å². The molecule has 1 amide bonds. The number of likely N-dealkylation sites (tertiary alicyclic amines) is 1. The van der Waals surface area contributed by atoms with Crippen molar-refractivity contribution in [2.24, 2.45) is 0 Å². The van der Waals surface area contributed by atoms with Crippen LogP contribution in [0.1, 0.15) is 24.7 Å². The predicted octanol–water partition coefficient (Wildman–Crippen LogP) is 5.30. The van der Waals surface area contributed by atoms with E-state index in [1.807, 2.05) is 59.5 Å². The number of amides is 1. The van der Waals surface area contributed by atoms with Crippen LogP contribution in [-0.4, -0.2) is 44.4 Å². The van der Waals surface area contributed by atoms with E-state index < -0.39 is 0 Å². The molecule has 0 atom stereocenters. The molecule has 0 spiro atoms. The highest BCUT2D eigenvalue weighted by Gasteiger charge is 2.27. The number of oxazole rings is 1. The molecule has 9 heteroatoms. The van der Waals surface area contributed by atoms with Crippen LogP contribution in [0.25, 0.3) is 16.8 Å². The molecule has 0 unspecified atom stereocenters. The van der Waals surface area contributed by atoms with Crippen LogP contribution in [0.3, 0.4) is 0 Å². The van der Waals surface area contributed by atoms with E-state index >= 15 is 0 Å². The van der Waals surface area contributed by atoms with E-state index in [4.69, 9.17) is 16.6 Å². The van der Waals surface area contributed by atoms with E-state index in [0.29, 0.717) is 9.71 Å². The molecular weight excluding hydrogens is 448 g/mol. The lowest BCUT2D eigenvalue weighted by Crippen LogP contribution is -2.39. The summed E-state index contributed by atoms with van der Waals surface area (Å²) in [6.07, 6.45) is 1.73. The monoisotopic (exact) mass is 468 g/mol. The zero-order chi connectivity index (χ0) is 21.2. The maximum atomic E-state index is 12.7. The molecule has 5 rings (SSSR count). The van der Waals surface area contributed by atoms with Crippen molar-refractivity contribution in [1.29, 1.82) is 0 Å². The number of benzene rings is 2. The van der Waals surface area contributed by atoms with Crippen LogP contribution in [0.5, 0.6) is 0 Å². The van der Waals surface area contributed by atoms with Crippen molar-refractivity contribution in [2.75, 3.05) is 18.8 Å². The molecule has 1 aliphatic rings. The lowest BCUT2D eigenvalue weighted by molar-refractivity contribution is -0.129. The number of carbonyl (C=O) groups is 1. The largest absolute Gasteiger partial charge is 0.440 e. The van der Waals surface area contributed by atoms with Crippen molar-refractivity contribution >= 4 is 52.3 Å². The Hall–Kier alpha value is -2.49. The van der Waals surface area contributed by atoms with Crippen LogP contribution >= 0.6 is 35.3 Å². The Balaban J connectivity index is 1.17. The summed E-state index contributed by atoms with van der Waals surface area (Å²) in [5.41, 5.74) is 2.65. The Bertz CT molecular complexity index is 1220. The van der Waals surface area contributed by atoms with E-state index in [1.54, 1.807) is 4.68 Å². The molecule has 0 radical (unpaired) electrons. The smallest absolute Gasteiger partial charge is 0.233 e. The lowest BCUT2D eigenvalue weighted by Gasteiger charge is -2.30. The topological polar surface area (TPSA) is 64.2 Å². The fourth-order valence-electron chi connectivity index (χ4n) is 3.71. The number of fused-ring (bicyclic) bond motifs is 1. The maximum Gasteiger partial charge on any atom is 0.233 e. The zero-order valence-electron chi connectivity index (χ0n) is 16.6. The molecule has 0 N–H and O–H groups in total. The number of nitrogens with zero attached hydrogens (tertiary/aromatic N) is 4. The molecule has 31 heavy (non-hydrogen) atoms. The predicted molar refractivity (Wildman–Crippen MR) is 126 cm³/mol. The number of aromatic nitrogens is 3. The third-order valence-electron chi connectivity index (χ3n) is 5.36. The Morgan fingerprint density at radius 2 is 1.87 bits per heavy atom. The van der Waals surface area contributed by atoms with Crippen LogP contribution in [0.2, 0.25) is 0 Å². The molecule has 1 saturated heterocycles. The molecule has 158 valence electrons. The number of para-hydroxylation sites is 3. The Kier molecular flexibility index (Phi) is 5.89. The van der Waals surface area contributed by atoms with E-state index in [1.165, 1.54) is 23.1 Å². The van der Waals surface area contributed by atoms with Crippen molar-refractivity contribution in [3.05, 3.63) is 64.4 Å². The second-order valence-corrected chi connectivity index (χ2v) is 10.2. The molecule has 6 nitrogen and oxygen atoms in total. The van der Waals surface area contributed by atoms with Crippen molar-refractivity contribution in [3.8, 4) is 5.69 Å². The molecule has 1 aliphatic heterocycles. The summed E-state index contributed by atoms with van der Waals surface area (Å²) in [6, 6.07) is 17.6. The highest BCUT2D eigenvalue weighted by atomic mass is 32.2. The highest BCUT2D eigenvalue weighted by molar-refractivity contribution is 8.01. The highest BCUT2D eigenvalue weighted by Crippen LogP contribution is 2.31. The van der Waals surface area contributed by atoms with E-state index in [-0.39, 0.29) is 11.8 Å². The minimum atomic E-state index is 0.133.